The molecule has 0 atom stereocenters. The Hall–Kier alpha value is -2.77. The van der Waals surface area contributed by atoms with Crippen LogP contribution >= 0.6 is 0 Å². The fourth-order valence-electron chi connectivity index (χ4n) is 4.37. The van der Waals surface area contributed by atoms with E-state index in [0.717, 1.165) is 29.8 Å². The number of hydrogen-bond donors (Lipinski definition) is 1. The number of aromatic nitrogens is 3. The Kier molecular flexibility index (Phi) is 4.41. The van der Waals surface area contributed by atoms with E-state index in [2.05, 4.69) is 10.2 Å². The van der Waals surface area contributed by atoms with Gasteiger partial charge in [-0.2, -0.15) is 0 Å². The van der Waals surface area contributed by atoms with Gasteiger partial charge in [-0.15, -0.1) is 10.2 Å². The maximum atomic E-state index is 12.7. The van der Waals surface area contributed by atoms with Crippen LogP contribution in [0.5, 0.6) is 0 Å². The van der Waals surface area contributed by atoms with E-state index >= 15 is 0 Å². The highest BCUT2D eigenvalue weighted by Crippen LogP contribution is 2.52. The van der Waals surface area contributed by atoms with E-state index in [1.54, 1.807) is 13.8 Å². The molecule has 1 saturated heterocycles. The van der Waals surface area contributed by atoms with Crippen molar-refractivity contribution in [2.75, 3.05) is 26.3 Å². The zero-order chi connectivity index (χ0) is 20.9. The van der Waals surface area contributed by atoms with E-state index in [-0.39, 0.29) is 11.3 Å². The first-order valence-corrected chi connectivity index (χ1v) is 10.4. The lowest BCUT2D eigenvalue weighted by Crippen LogP contribution is -2.40. The molecule has 0 unspecified atom stereocenters. The molecular weight excluding hydrogens is 380 g/mol. The van der Waals surface area contributed by atoms with E-state index in [1.807, 2.05) is 51.9 Å². The molecule has 3 heterocycles. The number of rotatable bonds is 4. The number of pyridine rings is 1. The maximum Gasteiger partial charge on any atom is 0.254 e. The van der Waals surface area contributed by atoms with Crippen molar-refractivity contribution in [1.82, 2.24) is 19.5 Å². The van der Waals surface area contributed by atoms with Gasteiger partial charge in [0.05, 0.1) is 24.2 Å². The lowest BCUT2D eigenvalue weighted by Gasteiger charge is -2.27. The van der Waals surface area contributed by atoms with Gasteiger partial charge in [-0.1, -0.05) is 18.2 Å². The number of hydrogen-bond acceptors (Lipinski definition) is 5. The quantitative estimate of drug-likeness (QED) is 0.720. The van der Waals surface area contributed by atoms with Gasteiger partial charge in [0.1, 0.15) is 5.82 Å². The molecule has 1 aliphatic heterocycles. The van der Waals surface area contributed by atoms with Gasteiger partial charge in [0.2, 0.25) is 0 Å². The van der Waals surface area contributed by atoms with Crippen LogP contribution < -0.4 is 0 Å². The van der Waals surface area contributed by atoms with Crippen molar-refractivity contribution in [3.05, 3.63) is 65.1 Å². The topological polar surface area (TPSA) is 80.0 Å². The lowest BCUT2D eigenvalue weighted by atomic mass is 9.93. The highest BCUT2D eigenvalue weighted by atomic mass is 16.5. The normalized spacial score (nSPS) is 18.6. The van der Waals surface area contributed by atoms with Crippen molar-refractivity contribution in [1.29, 1.82) is 0 Å². The van der Waals surface area contributed by atoms with Crippen molar-refractivity contribution in [3.8, 4) is 0 Å². The number of aliphatic hydroxyl groups is 1. The summed E-state index contributed by atoms with van der Waals surface area (Å²) in [7, 11) is 0. The van der Waals surface area contributed by atoms with Crippen molar-refractivity contribution >= 4 is 11.6 Å². The number of benzene rings is 1. The maximum absolute atomic E-state index is 12.7. The summed E-state index contributed by atoms with van der Waals surface area (Å²) in [6.45, 7) is 5.99. The minimum atomic E-state index is -0.995. The molecule has 1 aliphatic carbocycles. The second kappa shape index (κ2) is 6.89. The average Bonchev–Trinajstić information content (AvgIpc) is 3.45. The van der Waals surface area contributed by atoms with E-state index in [9.17, 15) is 9.90 Å². The highest BCUT2D eigenvalue weighted by Gasteiger charge is 2.50. The predicted octanol–water partition coefficient (Wildman–Crippen LogP) is 2.51. The number of fused-ring (bicyclic) bond motifs is 1. The lowest BCUT2D eigenvalue weighted by molar-refractivity contribution is 0.0303. The zero-order valence-electron chi connectivity index (χ0n) is 17.3. The predicted molar refractivity (Wildman–Crippen MR) is 111 cm³/mol. The van der Waals surface area contributed by atoms with Crippen molar-refractivity contribution in [3.63, 3.8) is 0 Å². The van der Waals surface area contributed by atoms with Crippen LogP contribution in [0.3, 0.4) is 0 Å². The van der Waals surface area contributed by atoms with Crippen LogP contribution in [0.25, 0.3) is 5.65 Å². The summed E-state index contributed by atoms with van der Waals surface area (Å²) in [4.78, 5) is 14.6. The fourth-order valence-corrected chi connectivity index (χ4v) is 4.37. The van der Waals surface area contributed by atoms with E-state index < -0.39 is 5.60 Å². The Morgan fingerprint density at radius 2 is 1.80 bits per heavy atom. The van der Waals surface area contributed by atoms with Gasteiger partial charge in [-0.25, -0.2) is 0 Å². The van der Waals surface area contributed by atoms with Crippen LogP contribution in [0.2, 0.25) is 0 Å². The molecule has 7 nitrogen and oxygen atoms in total. The number of amides is 1. The molecule has 5 rings (SSSR count). The minimum Gasteiger partial charge on any atom is -0.386 e. The third-order valence-electron chi connectivity index (χ3n) is 6.25. The van der Waals surface area contributed by atoms with Crippen molar-refractivity contribution in [2.24, 2.45) is 0 Å². The van der Waals surface area contributed by atoms with Crippen LogP contribution in [0.1, 0.15) is 54.0 Å². The average molecular weight is 406 g/mol. The van der Waals surface area contributed by atoms with Crippen LogP contribution in [-0.4, -0.2) is 56.8 Å². The molecule has 0 radical (unpaired) electrons. The molecule has 0 spiro atoms. The first-order valence-electron chi connectivity index (χ1n) is 10.4. The van der Waals surface area contributed by atoms with Gasteiger partial charge >= 0.3 is 0 Å². The molecule has 30 heavy (non-hydrogen) atoms. The van der Waals surface area contributed by atoms with Gasteiger partial charge in [0, 0.05) is 30.4 Å². The van der Waals surface area contributed by atoms with E-state index in [0.29, 0.717) is 37.5 Å². The molecule has 1 saturated carbocycles. The Labute approximate surface area is 175 Å². The Balaban J connectivity index is 1.47. The summed E-state index contributed by atoms with van der Waals surface area (Å²) in [5.41, 5.74) is 2.09. The third kappa shape index (κ3) is 3.09. The zero-order valence-corrected chi connectivity index (χ0v) is 17.3. The second-order valence-electron chi connectivity index (χ2n) is 8.76. The Morgan fingerprint density at radius 3 is 2.43 bits per heavy atom. The van der Waals surface area contributed by atoms with Gasteiger partial charge < -0.3 is 14.7 Å². The number of carbonyl (C=O) groups is 1. The third-order valence-corrected chi connectivity index (χ3v) is 6.25. The fraction of sp³-hybridized carbons (Fsp3) is 0.435. The summed E-state index contributed by atoms with van der Waals surface area (Å²) >= 11 is 0. The number of ether oxygens (including phenoxy) is 1. The minimum absolute atomic E-state index is 0.0532. The largest absolute Gasteiger partial charge is 0.386 e. The summed E-state index contributed by atoms with van der Waals surface area (Å²) in [5.74, 6) is 0.938. The van der Waals surface area contributed by atoms with Crippen LogP contribution in [0, 0.1) is 0 Å². The number of morpholine rings is 1. The molecule has 2 aliphatic rings. The van der Waals surface area contributed by atoms with E-state index in [1.165, 1.54) is 0 Å². The molecule has 1 N–H and O–H groups in total. The molecule has 0 bridgehead atoms. The smallest absolute Gasteiger partial charge is 0.254 e. The van der Waals surface area contributed by atoms with Crippen molar-refractivity contribution < 1.29 is 14.6 Å². The summed E-state index contributed by atoms with van der Waals surface area (Å²) in [6.07, 6.45) is 3.92. The first kappa shape index (κ1) is 19.2. The molecule has 1 amide bonds. The molecule has 2 fully saturated rings. The molecular formula is C23H26N4O3. The van der Waals surface area contributed by atoms with Crippen LogP contribution in [0.4, 0.5) is 0 Å². The standard InChI is InChI=1S/C23H26N4O3/c1-22(2,29)18-4-3-11-27-19(18)24-25-21(27)23(9-10-23)17-7-5-16(6-8-17)20(28)26-12-14-30-15-13-26/h3-8,11,29H,9-10,12-15H2,1-2H3. The number of nitrogens with zero attached hydrogens (tertiary/aromatic N) is 4. The SMILES string of the molecule is CC(C)(O)c1cccn2c(C3(c4ccc(C(=O)N5CCOCC5)cc4)CC3)nnc12. The highest BCUT2D eigenvalue weighted by molar-refractivity contribution is 5.94. The molecule has 3 aromatic rings. The van der Waals surface area contributed by atoms with Crippen molar-refractivity contribution in [2.45, 2.75) is 37.7 Å². The van der Waals surface area contributed by atoms with Crippen LogP contribution in [0.15, 0.2) is 42.6 Å². The van der Waals surface area contributed by atoms with Gasteiger partial charge in [0.15, 0.2) is 5.65 Å². The molecule has 156 valence electrons. The molecule has 2 aromatic heterocycles. The summed E-state index contributed by atoms with van der Waals surface area (Å²) < 4.78 is 7.33. The van der Waals surface area contributed by atoms with Gasteiger partial charge in [-0.3, -0.25) is 9.20 Å². The van der Waals surface area contributed by atoms with Crippen LogP contribution in [-0.2, 0) is 15.8 Å². The summed E-state index contributed by atoms with van der Waals surface area (Å²) in [5, 5.41) is 19.4. The molecule has 7 heteroatoms. The second-order valence-corrected chi connectivity index (χ2v) is 8.76. The van der Waals surface area contributed by atoms with Gasteiger partial charge in [-0.05, 0) is 50.5 Å². The Bertz CT molecular complexity index is 1090. The Morgan fingerprint density at radius 1 is 1.10 bits per heavy atom. The first-order chi connectivity index (χ1) is 14.4. The monoisotopic (exact) mass is 406 g/mol. The number of carbonyl (C=O) groups excluding carboxylic acids is 1. The summed E-state index contributed by atoms with van der Waals surface area (Å²) in [6, 6.07) is 11.7. The van der Waals surface area contributed by atoms with Gasteiger partial charge in [0.25, 0.3) is 5.91 Å². The van der Waals surface area contributed by atoms with E-state index in [4.69, 9.17) is 4.74 Å². The molecule has 1 aromatic carbocycles.